The van der Waals surface area contributed by atoms with Crippen molar-refractivity contribution in [3.63, 3.8) is 0 Å². The van der Waals surface area contributed by atoms with Crippen molar-refractivity contribution < 1.29 is 9.84 Å². The second-order valence-electron chi connectivity index (χ2n) is 2.48. The average molecular weight is 257 g/mol. The number of hydrogen-bond donors (Lipinski definition) is 2. The van der Waals surface area contributed by atoms with E-state index in [2.05, 4.69) is 0 Å². The molecule has 0 heterocycles. The predicted octanol–water partition coefficient (Wildman–Crippen LogP) is 2.60. The standard InChI is InChI=1S/C8H8Cl3NO2/c9-4-3-5(12)6(10)7(11)8(4)14-2-1-13/h3,13H,1-2,12H2. The molecule has 0 aliphatic carbocycles. The lowest BCUT2D eigenvalue weighted by Gasteiger charge is -2.11. The molecule has 3 nitrogen and oxygen atoms in total. The van der Waals surface area contributed by atoms with Gasteiger partial charge in [0, 0.05) is 0 Å². The SMILES string of the molecule is Nc1cc(Cl)c(OCCO)c(Cl)c1Cl. The molecule has 6 heteroatoms. The van der Waals surface area contributed by atoms with E-state index < -0.39 is 0 Å². The Morgan fingerprint density at radius 1 is 1.29 bits per heavy atom. The largest absolute Gasteiger partial charge is 0.488 e. The van der Waals surface area contributed by atoms with Crippen LogP contribution >= 0.6 is 34.8 Å². The van der Waals surface area contributed by atoms with Gasteiger partial charge in [-0.15, -0.1) is 0 Å². The van der Waals surface area contributed by atoms with Gasteiger partial charge in [-0.2, -0.15) is 0 Å². The molecule has 0 radical (unpaired) electrons. The maximum absolute atomic E-state index is 8.56. The predicted molar refractivity (Wildman–Crippen MR) is 58.5 cm³/mol. The topological polar surface area (TPSA) is 55.5 Å². The van der Waals surface area contributed by atoms with Gasteiger partial charge in [-0.25, -0.2) is 0 Å². The molecule has 1 rings (SSSR count). The van der Waals surface area contributed by atoms with Crippen LogP contribution in [0.15, 0.2) is 6.07 Å². The first-order chi connectivity index (χ1) is 6.57. The Morgan fingerprint density at radius 2 is 1.93 bits per heavy atom. The molecule has 1 aromatic rings. The van der Waals surface area contributed by atoms with Gasteiger partial charge in [0.25, 0.3) is 0 Å². The molecule has 14 heavy (non-hydrogen) atoms. The summed E-state index contributed by atoms with van der Waals surface area (Å²) in [5.74, 6) is 0.238. The fourth-order valence-electron chi connectivity index (χ4n) is 0.877. The van der Waals surface area contributed by atoms with E-state index in [9.17, 15) is 0 Å². The minimum Gasteiger partial charge on any atom is -0.488 e. The Labute approximate surface area is 96.3 Å². The molecule has 3 N–H and O–H groups in total. The third-order valence-corrected chi connectivity index (χ3v) is 2.63. The van der Waals surface area contributed by atoms with Gasteiger partial charge >= 0.3 is 0 Å². The summed E-state index contributed by atoms with van der Waals surface area (Å²) in [6.45, 7) is -0.0334. The first kappa shape index (κ1) is 11.7. The second kappa shape index (κ2) is 4.94. The van der Waals surface area contributed by atoms with Crippen molar-refractivity contribution in [1.82, 2.24) is 0 Å². The summed E-state index contributed by atoms with van der Waals surface area (Å²) >= 11 is 17.4. The summed E-state index contributed by atoms with van der Waals surface area (Å²) in [7, 11) is 0. The van der Waals surface area contributed by atoms with E-state index in [0.29, 0.717) is 0 Å². The van der Waals surface area contributed by atoms with Crippen molar-refractivity contribution in [3.8, 4) is 5.75 Å². The van der Waals surface area contributed by atoms with Crippen molar-refractivity contribution in [2.24, 2.45) is 0 Å². The highest BCUT2D eigenvalue weighted by molar-refractivity contribution is 6.46. The highest BCUT2D eigenvalue weighted by Crippen LogP contribution is 2.41. The zero-order chi connectivity index (χ0) is 10.7. The third-order valence-electron chi connectivity index (χ3n) is 1.48. The lowest BCUT2D eigenvalue weighted by molar-refractivity contribution is 0.201. The van der Waals surface area contributed by atoms with E-state index in [1.807, 2.05) is 0 Å². The van der Waals surface area contributed by atoms with Crippen LogP contribution in [0.4, 0.5) is 5.69 Å². The number of hydrogen-bond acceptors (Lipinski definition) is 3. The molecule has 0 aliphatic heterocycles. The van der Waals surface area contributed by atoms with E-state index in [4.69, 9.17) is 50.4 Å². The molecule has 0 saturated carbocycles. The van der Waals surface area contributed by atoms with Crippen molar-refractivity contribution in [2.75, 3.05) is 18.9 Å². The van der Waals surface area contributed by atoms with Crippen LogP contribution in [-0.2, 0) is 0 Å². The highest BCUT2D eigenvalue weighted by Gasteiger charge is 2.14. The Kier molecular flexibility index (Phi) is 4.13. The van der Waals surface area contributed by atoms with E-state index in [1.165, 1.54) is 6.07 Å². The summed E-state index contributed by atoms with van der Waals surface area (Å²) in [4.78, 5) is 0. The molecule has 0 aliphatic rings. The summed E-state index contributed by atoms with van der Waals surface area (Å²) in [6.07, 6.45) is 0. The number of benzene rings is 1. The van der Waals surface area contributed by atoms with Gasteiger partial charge < -0.3 is 15.6 Å². The summed E-state index contributed by atoms with van der Waals surface area (Å²) in [5.41, 5.74) is 5.80. The highest BCUT2D eigenvalue weighted by atomic mass is 35.5. The number of nitrogens with two attached hydrogens (primary N) is 1. The number of ether oxygens (including phenoxy) is 1. The number of aliphatic hydroxyl groups excluding tert-OH is 1. The Balaban J connectivity index is 3.09. The Bertz CT molecular complexity index is 344. The van der Waals surface area contributed by atoms with Gasteiger partial charge in [0.15, 0.2) is 5.75 Å². The average Bonchev–Trinajstić information content (AvgIpc) is 2.14. The van der Waals surface area contributed by atoms with Crippen LogP contribution in [-0.4, -0.2) is 18.3 Å². The zero-order valence-corrected chi connectivity index (χ0v) is 9.33. The lowest BCUT2D eigenvalue weighted by Crippen LogP contribution is -2.03. The first-order valence-corrected chi connectivity index (χ1v) is 4.88. The molecular formula is C8H8Cl3NO2. The van der Waals surface area contributed by atoms with E-state index >= 15 is 0 Å². The molecule has 0 atom stereocenters. The molecule has 0 amide bonds. The summed E-state index contributed by atoms with van der Waals surface area (Å²) in [6, 6.07) is 1.45. The summed E-state index contributed by atoms with van der Waals surface area (Å²) in [5, 5.41) is 9.19. The molecule has 0 saturated heterocycles. The molecule has 0 bridgehead atoms. The number of halogens is 3. The monoisotopic (exact) mass is 255 g/mol. The lowest BCUT2D eigenvalue weighted by atomic mass is 10.3. The fraction of sp³-hybridized carbons (Fsp3) is 0.250. The van der Waals surface area contributed by atoms with Gasteiger partial charge in [-0.1, -0.05) is 34.8 Å². The van der Waals surface area contributed by atoms with Gasteiger partial charge in [0.2, 0.25) is 0 Å². The van der Waals surface area contributed by atoms with E-state index in [0.717, 1.165) is 0 Å². The molecule has 0 unspecified atom stereocenters. The van der Waals surface area contributed by atoms with Crippen LogP contribution in [0.25, 0.3) is 0 Å². The van der Waals surface area contributed by atoms with Crippen LogP contribution in [0.2, 0.25) is 15.1 Å². The second-order valence-corrected chi connectivity index (χ2v) is 3.64. The van der Waals surface area contributed by atoms with Crippen molar-refractivity contribution in [2.45, 2.75) is 0 Å². The van der Waals surface area contributed by atoms with Gasteiger partial charge in [-0.3, -0.25) is 0 Å². The van der Waals surface area contributed by atoms with Crippen LogP contribution in [0, 0.1) is 0 Å². The van der Waals surface area contributed by atoms with Crippen LogP contribution in [0.5, 0.6) is 5.75 Å². The number of aliphatic hydroxyl groups is 1. The van der Waals surface area contributed by atoms with Crippen molar-refractivity contribution in [3.05, 3.63) is 21.1 Å². The molecule has 0 aromatic heterocycles. The van der Waals surface area contributed by atoms with Crippen LogP contribution in [0.3, 0.4) is 0 Å². The van der Waals surface area contributed by atoms with E-state index in [1.54, 1.807) is 0 Å². The maximum Gasteiger partial charge on any atom is 0.158 e. The molecule has 78 valence electrons. The maximum atomic E-state index is 8.56. The van der Waals surface area contributed by atoms with Crippen LogP contribution in [0.1, 0.15) is 0 Å². The third kappa shape index (κ3) is 2.36. The number of nitrogen functional groups attached to an aromatic ring is 1. The van der Waals surface area contributed by atoms with Crippen molar-refractivity contribution in [1.29, 1.82) is 0 Å². The van der Waals surface area contributed by atoms with Gasteiger partial charge in [0.1, 0.15) is 11.6 Å². The van der Waals surface area contributed by atoms with Gasteiger partial charge in [-0.05, 0) is 6.07 Å². The smallest absolute Gasteiger partial charge is 0.158 e. The Hall–Kier alpha value is -0.350. The Morgan fingerprint density at radius 3 is 2.50 bits per heavy atom. The van der Waals surface area contributed by atoms with E-state index in [-0.39, 0.29) is 39.7 Å². The van der Waals surface area contributed by atoms with Crippen LogP contribution < -0.4 is 10.5 Å². The molecule has 1 aromatic carbocycles. The first-order valence-electron chi connectivity index (χ1n) is 3.74. The summed E-state index contributed by atoms with van der Waals surface area (Å²) < 4.78 is 5.10. The van der Waals surface area contributed by atoms with Crippen molar-refractivity contribution >= 4 is 40.5 Å². The normalized spacial score (nSPS) is 10.3. The number of anilines is 1. The molecule has 0 spiro atoms. The molecular weight excluding hydrogens is 248 g/mol. The molecule has 0 fully saturated rings. The van der Waals surface area contributed by atoms with Gasteiger partial charge in [0.05, 0.1) is 22.3 Å². The minimum absolute atomic E-state index is 0.0969. The minimum atomic E-state index is -0.130. The number of rotatable bonds is 3. The quantitative estimate of drug-likeness (QED) is 0.645. The fourth-order valence-corrected chi connectivity index (χ4v) is 1.60. The zero-order valence-electron chi connectivity index (χ0n) is 7.06.